The Bertz CT molecular complexity index is 715. The lowest BCUT2D eigenvalue weighted by molar-refractivity contribution is -0.145. The topological polar surface area (TPSA) is 101 Å². The number of aromatic nitrogens is 1. The van der Waals surface area contributed by atoms with E-state index in [9.17, 15) is 14.3 Å². The zero-order chi connectivity index (χ0) is 16.9. The molecule has 2 rings (SSSR count). The fraction of sp³-hybridized carbons (Fsp3) is 0.400. The fourth-order valence-electron chi connectivity index (χ4n) is 2.35. The van der Waals surface area contributed by atoms with Crippen LogP contribution in [-0.4, -0.2) is 35.1 Å². The van der Waals surface area contributed by atoms with Crippen LogP contribution in [0.1, 0.15) is 19.4 Å². The van der Waals surface area contributed by atoms with Crippen molar-refractivity contribution >= 4 is 24.6 Å². The van der Waals surface area contributed by atoms with E-state index in [0.717, 1.165) is 16.5 Å². The third-order valence-electron chi connectivity index (χ3n) is 3.29. The highest BCUT2D eigenvalue weighted by molar-refractivity contribution is 7.50. The van der Waals surface area contributed by atoms with Crippen molar-refractivity contribution in [1.82, 2.24) is 10.1 Å². The summed E-state index contributed by atoms with van der Waals surface area (Å²) < 4.78 is 21.7. The summed E-state index contributed by atoms with van der Waals surface area (Å²) in [5.74, 6) is -0.591. The number of fused-ring (bicyclic) bond motifs is 1. The Morgan fingerprint density at radius 2 is 2.09 bits per heavy atom. The van der Waals surface area contributed by atoms with Crippen LogP contribution >= 0.6 is 7.75 Å². The Balaban J connectivity index is 2.23. The molecule has 0 saturated carbocycles. The van der Waals surface area contributed by atoms with Crippen LogP contribution in [0.3, 0.4) is 0 Å². The highest BCUT2D eigenvalue weighted by Crippen LogP contribution is 2.37. The highest BCUT2D eigenvalue weighted by Gasteiger charge is 2.30. The summed E-state index contributed by atoms with van der Waals surface area (Å²) in [5.41, 5.74) is 1.78. The molecule has 0 amide bonds. The van der Waals surface area contributed by atoms with E-state index in [1.54, 1.807) is 20.0 Å². The molecule has 1 aromatic heterocycles. The van der Waals surface area contributed by atoms with Gasteiger partial charge in [0.05, 0.1) is 13.2 Å². The Labute approximate surface area is 134 Å². The second-order valence-electron chi connectivity index (χ2n) is 4.94. The molecular formula is C15H21N2O5P. The van der Waals surface area contributed by atoms with Crippen LogP contribution in [0.5, 0.6) is 0 Å². The molecule has 1 heterocycles. The van der Waals surface area contributed by atoms with Gasteiger partial charge >= 0.3 is 13.7 Å². The van der Waals surface area contributed by atoms with Crippen LogP contribution < -0.4 is 5.09 Å². The van der Waals surface area contributed by atoms with Crippen LogP contribution in [0.2, 0.25) is 0 Å². The van der Waals surface area contributed by atoms with Gasteiger partial charge in [-0.3, -0.25) is 9.32 Å². The van der Waals surface area contributed by atoms with Gasteiger partial charge in [0.15, 0.2) is 0 Å². The van der Waals surface area contributed by atoms with Crippen LogP contribution in [0.25, 0.3) is 10.9 Å². The Morgan fingerprint density at radius 3 is 2.78 bits per heavy atom. The minimum atomic E-state index is -4.07. The molecule has 8 heteroatoms. The normalized spacial score (nSPS) is 15.3. The average molecular weight is 340 g/mol. The molecule has 23 heavy (non-hydrogen) atoms. The smallest absolute Gasteiger partial charge is 0.403 e. The van der Waals surface area contributed by atoms with Gasteiger partial charge in [0.2, 0.25) is 0 Å². The van der Waals surface area contributed by atoms with Gasteiger partial charge in [0, 0.05) is 23.5 Å². The summed E-state index contributed by atoms with van der Waals surface area (Å²) in [5, 5.41) is 3.33. The monoisotopic (exact) mass is 340 g/mol. The fourth-order valence-corrected chi connectivity index (χ4v) is 3.37. The Hall–Kier alpha value is -1.66. The molecular weight excluding hydrogens is 319 g/mol. The molecule has 3 N–H and O–H groups in total. The van der Waals surface area contributed by atoms with Gasteiger partial charge in [0.1, 0.15) is 6.04 Å². The third-order valence-corrected chi connectivity index (χ3v) is 4.54. The van der Waals surface area contributed by atoms with Crippen molar-refractivity contribution < 1.29 is 23.5 Å². The van der Waals surface area contributed by atoms with E-state index < -0.39 is 19.8 Å². The summed E-state index contributed by atoms with van der Waals surface area (Å²) in [7, 11) is -4.07. The first kappa shape index (κ1) is 17.7. The predicted octanol–water partition coefficient (Wildman–Crippen LogP) is 2.37. The minimum absolute atomic E-state index is 0.0589. The van der Waals surface area contributed by atoms with Gasteiger partial charge in [-0.2, -0.15) is 0 Å². The summed E-state index contributed by atoms with van der Waals surface area (Å²) in [6, 6.07) is 6.66. The standard InChI is InChI=1S/C15H21N2O5P/c1-3-21-15(18)14(17-23(19,20)22-4-2)9-11-10-16-13-8-6-5-7-12(11)13/h5-8,10,14,16H,3-4,9H2,1-2H3,(H2,17,19,20)/t14-/m0/s1. The number of aromatic amines is 1. The maximum atomic E-state index is 12.1. The van der Waals surface area contributed by atoms with Crippen molar-refractivity contribution in [2.75, 3.05) is 13.2 Å². The van der Waals surface area contributed by atoms with E-state index in [2.05, 4.69) is 10.1 Å². The molecule has 0 spiro atoms. The summed E-state index contributed by atoms with van der Waals surface area (Å²) >= 11 is 0. The molecule has 0 aliphatic rings. The van der Waals surface area contributed by atoms with E-state index in [1.807, 2.05) is 24.3 Å². The lowest BCUT2D eigenvalue weighted by atomic mass is 10.1. The number of para-hydroxylation sites is 1. The van der Waals surface area contributed by atoms with Crippen molar-refractivity contribution in [2.24, 2.45) is 0 Å². The van der Waals surface area contributed by atoms with E-state index in [-0.39, 0.29) is 19.6 Å². The van der Waals surface area contributed by atoms with E-state index in [1.165, 1.54) is 0 Å². The zero-order valence-electron chi connectivity index (χ0n) is 13.1. The van der Waals surface area contributed by atoms with Crippen molar-refractivity contribution in [3.8, 4) is 0 Å². The molecule has 0 aliphatic heterocycles. The molecule has 7 nitrogen and oxygen atoms in total. The van der Waals surface area contributed by atoms with Crippen molar-refractivity contribution in [3.05, 3.63) is 36.0 Å². The second kappa shape index (κ2) is 7.75. The number of hydrogen-bond acceptors (Lipinski definition) is 4. The van der Waals surface area contributed by atoms with Gasteiger partial charge in [-0.25, -0.2) is 9.65 Å². The van der Waals surface area contributed by atoms with Crippen molar-refractivity contribution in [2.45, 2.75) is 26.3 Å². The largest absolute Gasteiger partial charge is 0.465 e. The summed E-state index contributed by atoms with van der Waals surface area (Å²) in [6.45, 7) is 3.53. The van der Waals surface area contributed by atoms with E-state index >= 15 is 0 Å². The second-order valence-corrected chi connectivity index (χ2v) is 6.49. The highest BCUT2D eigenvalue weighted by atomic mass is 31.2. The summed E-state index contributed by atoms with van der Waals surface area (Å²) in [4.78, 5) is 25.0. The van der Waals surface area contributed by atoms with Crippen LogP contribution in [0.4, 0.5) is 0 Å². The molecule has 1 unspecified atom stereocenters. The number of H-pyrrole nitrogens is 1. The number of carbonyl (C=O) groups is 1. The number of hydrogen-bond donors (Lipinski definition) is 3. The van der Waals surface area contributed by atoms with Gasteiger partial charge in [-0.05, 0) is 25.5 Å². The molecule has 2 aromatic rings. The van der Waals surface area contributed by atoms with Gasteiger partial charge in [-0.15, -0.1) is 0 Å². The predicted molar refractivity (Wildman–Crippen MR) is 87.0 cm³/mol. The maximum absolute atomic E-state index is 12.1. The minimum Gasteiger partial charge on any atom is -0.465 e. The first-order valence-electron chi connectivity index (χ1n) is 7.43. The van der Waals surface area contributed by atoms with Crippen LogP contribution in [0.15, 0.2) is 30.5 Å². The molecule has 1 aromatic carbocycles. The molecule has 2 atom stereocenters. The van der Waals surface area contributed by atoms with Gasteiger partial charge in [0.25, 0.3) is 0 Å². The van der Waals surface area contributed by atoms with E-state index in [4.69, 9.17) is 9.26 Å². The third kappa shape index (κ3) is 4.65. The van der Waals surface area contributed by atoms with Crippen molar-refractivity contribution in [3.63, 3.8) is 0 Å². The number of nitrogens with one attached hydrogen (secondary N) is 2. The number of carbonyl (C=O) groups excluding carboxylic acids is 1. The lowest BCUT2D eigenvalue weighted by Crippen LogP contribution is -2.38. The number of ether oxygens (including phenoxy) is 1. The maximum Gasteiger partial charge on any atom is 0.403 e. The van der Waals surface area contributed by atoms with Gasteiger partial charge < -0.3 is 14.6 Å². The zero-order valence-corrected chi connectivity index (χ0v) is 14.0. The Morgan fingerprint density at radius 1 is 1.35 bits per heavy atom. The molecule has 126 valence electrons. The number of rotatable bonds is 8. The van der Waals surface area contributed by atoms with E-state index in [0.29, 0.717) is 0 Å². The first-order chi connectivity index (χ1) is 11.0. The molecule has 0 radical (unpaired) electrons. The molecule has 0 aliphatic carbocycles. The molecule has 0 saturated heterocycles. The number of benzene rings is 1. The van der Waals surface area contributed by atoms with Crippen molar-refractivity contribution in [1.29, 1.82) is 0 Å². The molecule has 0 bridgehead atoms. The lowest BCUT2D eigenvalue weighted by Gasteiger charge is -2.20. The Kier molecular flexibility index (Phi) is 5.96. The number of esters is 1. The van der Waals surface area contributed by atoms with Gasteiger partial charge in [-0.1, -0.05) is 18.2 Å². The van der Waals surface area contributed by atoms with Crippen LogP contribution in [-0.2, 0) is 25.0 Å². The molecule has 0 fully saturated rings. The summed E-state index contributed by atoms with van der Waals surface area (Å²) in [6.07, 6.45) is 1.99. The first-order valence-corrected chi connectivity index (χ1v) is 9.01. The average Bonchev–Trinajstić information content (AvgIpc) is 2.90. The van der Waals surface area contributed by atoms with Crippen LogP contribution in [0, 0.1) is 0 Å². The SMILES string of the molecule is CCOC(=O)[C@H](Cc1c[nH]c2ccccc12)NP(=O)(O)OCC. The quantitative estimate of drug-likeness (QED) is 0.504.